The van der Waals surface area contributed by atoms with Gasteiger partial charge in [-0.3, -0.25) is 0 Å². The van der Waals surface area contributed by atoms with Crippen molar-refractivity contribution in [2.45, 2.75) is 13.0 Å². The van der Waals surface area contributed by atoms with Gasteiger partial charge in [-0.25, -0.2) is 13.1 Å². The topological polar surface area (TPSA) is 80.6 Å². The minimum Gasteiger partial charge on any atom is -0.242 e. The Hall–Kier alpha value is -0.760. The van der Waals surface area contributed by atoms with Crippen LogP contribution in [0.2, 0.25) is 0 Å². The molecular formula is C6H10N4O2S2. The molecule has 1 unspecified atom stereocenters. The first-order valence-corrected chi connectivity index (χ1v) is 6.48. The SMILES string of the molecule is O=S1(=O)CCC(Cn2[nH]nnc2=S)C1. The molecule has 0 aliphatic carbocycles. The highest BCUT2D eigenvalue weighted by Gasteiger charge is 2.28. The minimum absolute atomic E-state index is 0.133. The molecule has 0 saturated carbocycles. The zero-order valence-corrected chi connectivity index (χ0v) is 9.01. The second kappa shape index (κ2) is 3.43. The van der Waals surface area contributed by atoms with Crippen molar-refractivity contribution >= 4 is 22.1 Å². The molecule has 2 rings (SSSR count). The summed E-state index contributed by atoms with van der Waals surface area (Å²) in [5, 5.41) is 9.77. The highest BCUT2D eigenvalue weighted by Crippen LogP contribution is 2.19. The molecule has 1 aliphatic rings. The molecule has 1 aromatic heterocycles. The van der Waals surface area contributed by atoms with Gasteiger partial charge in [-0.1, -0.05) is 10.3 Å². The zero-order chi connectivity index (χ0) is 10.2. The third kappa shape index (κ3) is 2.01. The van der Waals surface area contributed by atoms with Gasteiger partial charge in [0, 0.05) is 6.54 Å². The number of nitrogens with zero attached hydrogens (tertiary/aromatic N) is 3. The molecule has 0 radical (unpaired) electrons. The number of sulfone groups is 1. The molecule has 8 heteroatoms. The Labute approximate surface area is 86.2 Å². The van der Waals surface area contributed by atoms with Crippen LogP contribution < -0.4 is 0 Å². The summed E-state index contributed by atoms with van der Waals surface area (Å²) in [4.78, 5) is 0. The Bertz CT molecular complexity index is 474. The molecule has 1 N–H and O–H groups in total. The van der Waals surface area contributed by atoms with Crippen LogP contribution in [0, 0.1) is 10.7 Å². The summed E-state index contributed by atoms with van der Waals surface area (Å²) in [7, 11) is -2.81. The van der Waals surface area contributed by atoms with Crippen LogP contribution in [-0.2, 0) is 16.4 Å². The quantitative estimate of drug-likeness (QED) is 0.715. The van der Waals surface area contributed by atoms with Gasteiger partial charge in [-0.2, -0.15) is 5.21 Å². The number of aromatic nitrogens is 4. The van der Waals surface area contributed by atoms with Crippen LogP contribution in [0.5, 0.6) is 0 Å². The summed E-state index contributed by atoms with van der Waals surface area (Å²) < 4.78 is 24.3. The Morgan fingerprint density at radius 1 is 1.64 bits per heavy atom. The summed E-state index contributed by atoms with van der Waals surface area (Å²) in [6.45, 7) is 0.561. The maximum Gasteiger partial charge on any atom is 0.238 e. The van der Waals surface area contributed by atoms with Crippen LogP contribution >= 0.6 is 12.2 Å². The fraction of sp³-hybridized carbons (Fsp3) is 0.833. The van der Waals surface area contributed by atoms with E-state index < -0.39 is 9.84 Å². The Morgan fingerprint density at radius 3 is 2.93 bits per heavy atom. The Balaban J connectivity index is 2.08. The lowest BCUT2D eigenvalue weighted by molar-refractivity contribution is 0.445. The molecule has 1 saturated heterocycles. The number of rotatable bonds is 2. The fourth-order valence-electron chi connectivity index (χ4n) is 1.61. The zero-order valence-electron chi connectivity index (χ0n) is 7.38. The normalized spacial score (nSPS) is 25.3. The summed E-state index contributed by atoms with van der Waals surface area (Å²) in [6.07, 6.45) is 0.698. The predicted octanol–water partition coefficient (Wildman–Crippen LogP) is -0.230. The average Bonchev–Trinajstić information content (AvgIpc) is 2.61. The van der Waals surface area contributed by atoms with Crippen LogP contribution in [0.4, 0.5) is 0 Å². The van der Waals surface area contributed by atoms with Gasteiger partial charge in [0.1, 0.15) is 0 Å². The fourth-order valence-corrected chi connectivity index (χ4v) is 3.61. The number of aromatic amines is 1. The van der Waals surface area contributed by atoms with Crippen molar-refractivity contribution in [3.63, 3.8) is 0 Å². The molecule has 1 atom stereocenters. The molecule has 1 fully saturated rings. The number of hydrogen-bond donors (Lipinski definition) is 1. The second-order valence-electron chi connectivity index (χ2n) is 3.46. The highest BCUT2D eigenvalue weighted by atomic mass is 32.2. The number of H-pyrrole nitrogens is 1. The van der Waals surface area contributed by atoms with E-state index in [2.05, 4.69) is 15.5 Å². The standard InChI is InChI=1S/C6H10N4O2S2/c11-14(12)2-1-5(4-14)3-10-6(13)7-8-9-10/h5H,1-4H2,(H,7,9,13). The van der Waals surface area contributed by atoms with Crippen molar-refractivity contribution < 1.29 is 8.42 Å². The molecule has 1 aromatic rings. The maximum atomic E-state index is 11.2. The molecule has 0 bridgehead atoms. The summed E-state index contributed by atoms with van der Waals surface area (Å²) in [5.74, 6) is 0.661. The van der Waals surface area contributed by atoms with Crippen molar-refractivity contribution in [1.29, 1.82) is 0 Å². The van der Waals surface area contributed by atoms with E-state index in [9.17, 15) is 8.42 Å². The van der Waals surface area contributed by atoms with E-state index in [1.807, 2.05) is 0 Å². The lowest BCUT2D eigenvalue weighted by atomic mass is 10.1. The van der Waals surface area contributed by atoms with Gasteiger partial charge in [0.05, 0.1) is 11.5 Å². The summed E-state index contributed by atoms with van der Waals surface area (Å²) >= 11 is 4.89. The van der Waals surface area contributed by atoms with Gasteiger partial charge >= 0.3 is 0 Å². The van der Waals surface area contributed by atoms with Crippen LogP contribution in [0.1, 0.15) is 6.42 Å². The number of hydrogen-bond acceptors (Lipinski definition) is 5. The minimum atomic E-state index is -2.81. The summed E-state index contributed by atoms with van der Waals surface area (Å²) in [6, 6.07) is 0. The van der Waals surface area contributed by atoms with Crippen LogP contribution in [0.3, 0.4) is 0 Å². The largest absolute Gasteiger partial charge is 0.242 e. The second-order valence-corrected chi connectivity index (χ2v) is 6.06. The molecular weight excluding hydrogens is 224 g/mol. The smallest absolute Gasteiger partial charge is 0.238 e. The van der Waals surface area contributed by atoms with Crippen LogP contribution in [0.25, 0.3) is 0 Å². The molecule has 0 spiro atoms. The Morgan fingerprint density at radius 2 is 2.43 bits per heavy atom. The van der Waals surface area contributed by atoms with E-state index in [-0.39, 0.29) is 17.4 Å². The van der Waals surface area contributed by atoms with Gasteiger partial charge in [0.2, 0.25) is 4.77 Å². The van der Waals surface area contributed by atoms with Crippen molar-refractivity contribution in [2.75, 3.05) is 11.5 Å². The van der Waals surface area contributed by atoms with E-state index in [0.29, 0.717) is 17.7 Å². The average molecular weight is 234 g/mol. The molecule has 1 aliphatic heterocycles. The van der Waals surface area contributed by atoms with Crippen molar-refractivity contribution in [1.82, 2.24) is 20.2 Å². The van der Waals surface area contributed by atoms with Crippen LogP contribution in [0.15, 0.2) is 0 Å². The van der Waals surface area contributed by atoms with E-state index in [1.165, 1.54) is 0 Å². The van der Waals surface area contributed by atoms with E-state index in [0.717, 1.165) is 0 Å². The molecule has 2 heterocycles. The summed E-state index contributed by atoms with van der Waals surface area (Å²) in [5.41, 5.74) is 0. The predicted molar refractivity (Wildman–Crippen MR) is 52.0 cm³/mol. The van der Waals surface area contributed by atoms with Crippen molar-refractivity contribution in [3.8, 4) is 0 Å². The molecule has 14 heavy (non-hydrogen) atoms. The first-order chi connectivity index (χ1) is 6.57. The molecule has 78 valence electrons. The monoisotopic (exact) mass is 234 g/mol. The number of nitrogens with one attached hydrogen (secondary N) is 1. The first-order valence-electron chi connectivity index (χ1n) is 4.25. The van der Waals surface area contributed by atoms with Gasteiger partial charge in [-0.05, 0) is 24.6 Å². The molecule has 6 nitrogen and oxygen atoms in total. The van der Waals surface area contributed by atoms with E-state index in [4.69, 9.17) is 12.2 Å². The van der Waals surface area contributed by atoms with Crippen molar-refractivity contribution in [3.05, 3.63) is 4.77 Å². The lowest BCUT2D eigenvalue weighted by Crippen LogP contribution is -2.13. The van der Waals surface area contributed by atoms with E-state index in [1.54, 1.807) is 4.68 Å². The molecule has 0 amide bonds. The highest BCUT2D eigenvalue weighted by molar-refractivity contribution is 7.91. The first kappa shape index (κ1) is 9.78. The van der Waals surface area contributed by atoms with Gasteiger partial charge in [-0.15, -0.1) is 0 Å². The lowest BCUT2D eigenvalue weighted by Gasteiger charge is -2.05. The third-order valence-corrected chi connectivity index (χ3v) is 4.44. The third-order valence-electron chi connectivity index (χ3n) is 2.30. The maximum absolute atomic E-state index is 11.2. The van der Waals surface area contributed by atoms with Gasteiger partial charge < -0.3 is 0 Å². The van der Waals surface area contributed by atoms with Gasteiger partial charge in [0.15, 0.2) is 9.84 Å². The Kier molecular flexibility index (Phi) is 2.40. The van der Waals surface area contributed by atoms with Gasteiger partial charge in [0.25, 0.3) is 0 Å². The molecule has 0 aromatic carbocycles. The van der Waals surface area contributed by atoms with Crippen molar-refractivity contribution in [2.24, 2.45) is 5.92 Å². The number of tetrazole rings is 1. The van der Waals surface area contributed by atoms with Crippen LogP contribution in [-0.4, -0.2) is 40.1 Å². The van der Waals surface area contributed by atoms with E-state index >= 15 is 0 Å².